The number of hydrogen-bond donors (Lipinski definition) is 0. The van der Waals surface area contributed by atoms with Crippen LogP contribution >= 0.6 is 0 Å². The van der Waals surface area contributed by atoms with Crippen molar-refractivity contribution in [3.8, 4) is 5.75 Å². The van der Waals surface area contributed by atoms with Gasteiger partial charge in [0.2, 0.25) is 0 Å². The van der Waals surface area contributed by atoms with E-state index in [9.17, 15) is 4.79 Å². The highest BCUT2D eigenvalue weighted by atomic mass is 16.5. The molecule has 0 spiro atoms. The molecule has 0 saturated carbocycles. The van der Waals surface area contributed by atoms with Crippen LogP contribution in [0, 0.1) is 11.8 Å². The van der Waals surface area contributed by atoms with Gasteiger partial charge in [0, 0.05) is 23.7 Å². The van der Waals surface area contributed by atoms with Gasteiger partial charge in [-0.25, -0.2) is 0 Å². The number of fused-ring (bicyclic) bond motifs is 4. The van der Waals surface area contributed by atoms with Crippen molar-refractivity contribution < 1.29 is 9.53 Å². The Hall–Kier alpha value is -2.20. The first-order valence-electron chi connectivity index (χ1n) is 8.55. The molecule has 2 aromatic rings. The summed E-state index contributed by atoms with van der Waals surface area (Å²) < 4.78 is 5.32. The normalized spacial score (nSPS) is 28.7. The third-order valence-electron chi connectivity index (χ3n) is 5.62. The second-order valence-electron chi connectivity index (χ2n) is 6.80. The van der Waals surface area contributed by atoms with E-state index in [1.807, 2.05) is 24.3 Å². The van der Waals surface area contributed by atoms with Gasteiger partial charge in [0.25, 0.3) is 0 Å². The van der Waals surface area contributed by atoms with Crippen LogP contribution in [0.1, 0.15) is 23.2 Å². The van der Waals surface area contributed by atoms with Crippen molar-refractivity contribution in [2.24, 2.45) is 11.8 Å². The Bertz CT molecular complexity index is 801. The van der Waals surface area contributed by atoms with Gasteiger partial charge in [-0.15, -0.1) is 6.58 Å². The zero-order valence-corrected chi connectivity index (χ0v) is 13.9. The summed E-state index contributed by atoms with van der Waals surface area (Å²) in [5.41, 5.74) is 1.59. The molecule has 0 radical (unpaired) electrons. The van der Waals surface area contributed by atoms with Crippen LogP contribution < -0.4 is 4.74 Å². The average Bonchev–Trinajstić information content (AvgIpc) is 2.66. The van der Waals surface area contributed by atoms with Crippen molar-refractivity contribution in [3.63, 3.8) is 0 Å². The van der Waals surface area contributed by atoms with E-state index in [1.54, 1.807) is 13.3 Å². The molecule has 0 N–H and O–H groups in total. The number of ether oxygens (including phenoxy) is 1. The van der Waals surface area contributed by atoms with E-state index in [4.69, 9.17) is 4.74 Å². The number of Topliss-reactive ketones (excluding diaryl/α,β-unsaturated/α-hetero) is 1. The Morgan fingerprint density at radius 1 is 1.42 bits per heavy atom. The molecule has 4 heteroatoms. The number of carbonyl (C=O) groups excluding carboxylic acids is 1. The third kappa shape index (κ3) is 2.42. The second-order valence-corrected chi connectivity index (χ2v) is 6.80. The molecule has 1 aromatic carbocycles. The van der Waals surface area contributed by atoms with Crippen molar-refractivity contribution in [2.75, 3.05) is 20.2 Å². The molecule has 4 atom stereocenters. The molecule has 3 aliphatic rings. The van der Waals surface area contributed by atoms with Crippen LogP contribution in [0.3, 0.4) is 0 Å². The van der Waals surface area contributed by atoms with Crippen molar-refractivity contribution in [1.82, 2.24) is 9.88 Å². The van der Waals surface area contributed by atoms with Crippen LogP contribution in [0.25, 0.3) is 10.9 Å². The predicted octanol–water partition coefficient (Wildman–Crippen LogP) is 3.32. The Morgan fingerprint density at radius 3 is 3.00 bits per heavy atom. The van der Waals surface area contributed by atoms with E-state index in [1.165, 1.54) is 6.42 Å². The molecule has 3 aliphatic heterocycles. The third-order valence-corrected chi connectivity index (χ3v) is 5.62. The standard InChI is InChI=1S/C20H22N2O2/c1-3-13-12-22-9-7-14(13)10-19(22)20(23)16-6-8-21-18-5-4-15(24-2)11-17(16)18/h3-6,8,11,13-14,19H,1,7,9-10,12H2,2H3/t13-,14?,19+/m0/s1. The average molecular weight is 322 g/mol. The van der Waals surface area contributed by atoms with Crippen LogP contribution in [-0.4, -0.2) is 41.9 Å². The number of hydrogen-bond acceptors (Lipinski definition) is 4. The number of methoxy groups -OCH3 is 1. The molecule has 4 heterocycles. The monoisotopic (exact) mass is 322 g/mol. The first-order chi connectivity index (χ1) is 11.7. The lowest BCUT2D eigenvalue weighted by Crippen LogP contribution is -2.55. The molecule has 5 rings (SSSR count). The lowest BCUT2D eigenvalue weighted by atomic mass is 9.74. The minimum atomic E-state index is -0.0169. The van der Waals surface area contributed by atoms with E-state index < -0.39 is 0 Å². The summed E-state index contributed by atoms with van der Waals surface area (Å²) in [5.74, 6) is 2.07. The second kappa shape index (κ2) is 6.02. The molecule has 3 fully saturated rings. The Morgan fingerprint density at radius 2 is 2.29 bits per heavy atom. The number of pyridine rings is 1. The van der Waals surface area contributed by atoms with Crippen LogP contribution in [0.4, 0.5) is 0 Å². The van der Waals surface area contributed by atoms with Crippen LogP contribution in [0.5, 0.6) is 5.75 Å². The fraction of sp³-hybridized carbons (Fsp3) is 0.400. The maximum atomic E-state index is 13.3. The minimum Gasteiger partial charge on any atom is -0.497 e. The van der Waals surface area contributed by atoms with Gasteiger partial charge in [0.15, 0.2) is 5.78 Å². The molecular formula is C20H22N2O2. The summed E-state index contributed by atoms with van der Waals surface area (Å²) in [6.07, 6.45) is 5.89. The highest BCUT2D eigenvalue weighted by Crippen LogP contribution is 2.38. The van der Waals surface area contributed by atoms with E-state index in [0.717, 1.165) is 41.7 Å². The minimum absolute atomic E-state index is 0.0169. The summed E-state index contributed by atoms with van der Waals surface area (Å²) >= 11 is 0. The molecular weight excluding hydrogens is 300 g/mol. The first-order valence-corrected chi connectivity index (χ1v) is 8.55. The van der Waals surface area contributed by atoms with Crippen molar-refractivity contribution >= 4 is 16.7 Å². The van der Waals surface area contributed by atoms with Gasteiger partial charge in [-0.05, 0) is 55.5 Å². The van der Waals surface area contributed by atoms with Gasteiger partial charge in [-0.2, -0.15) is 0 Å². The summed E-state index contributed by atoms with van der Waals surface area (Å²) in [6.45, 7) is 5.92. The zero-order chi connectivity index (χ0) is 16.7. The molecule has 1 aromatic heterocycles. The quantitative estimate of drug-likeness (QED) is 0.640. The van der Waals surface area contributed by atoms with Gasteiger partial charge >= 0.3 is 0 Å². The first kappa shape index (κ1) is 15.3. The smallest absolute Gasteiger partial charge is 0.180 e. The Balaban J connectivity index is 1.70. The molecule has 0 aliphatic carbocycles. The number of rotatable bonds is 4. The molecule has 3 saturated heterocycles. The van der Waals surface area contributed by atoms with E-state index >= 15 is 0 Å². The number of benzene rings is 1. The van der Waals surface area contributed by atoms with Gasteiger partial charge < -0.3 is 4.74 Å². The summed E-state index contributed by atoms with van der Waals surface area (Å²) in [5, 5.41) is 0.879. The van der Waals surface area contributed by atoms with Crippen LogP contribution in [0.2, 0.25) is 0 Å². The van der Waals surface area contributed by atoms with Crippen molar-refractivity contribution in [1.29, 1.82) is 0 Å². The number of nitrogens with zero attached hydrogens (tertiary/aromatic N) is 2. The SMILES string of the molecule is C=C[C@H]1CN2CCC1C[C@@H]2C(=O)c1ccnc2ccc(OC)cc12. The zero-order valence-electron chi connectivity index (χ0n) is 13.9. The fourth-order valence-corrected chi connectivity index (χ4v) is 4.25. The van der Waals surface area contributed by atoms with Crippen LogP contribution in [-0.2, 0) is 0 Å². The van der Waals surface area contributed by atoms with Crippen molar-refractivity contribution in [2.45, 2.75) is 18.9 Å². The predicted molar refractivity (Wildman–Crippen MR) is 94.4 cm³/mol. The van der Waals surface area contributed by atoms with Gasteiger partial charge in [0.05, 0.1) is 18.7 Å². The molecule has 0 amide bonds. The van der Waals surface area contributed by atoms with Crippen LogP contribution in [0.15, 0.2) is 43.1 Å². The van der Waals surface area contributed by atoms with E-state index in [0.29, 0.717) is 11.8 Å². The lowest BCUT2D eigenvalue weighted by Gasteiger charge is -2.48. The highest BCUT2D eigenvalue weighted by molar-refractivity contribution is 6.10. The van der Waals surface area contributed by atoms with E-state index in [-0.39, 0.29) is 11.8 Å². The van der Waals surface area contributed by atoms with E-state index in [2.05, 4.69) is 22.5 Å². The van der Waals surface area contributed by atoms with Gasteiger partial charge in [-0.1, -0.05) is 6.08 Å². The Labute approximate surface area is 142 Å². The molecule has 24 heavy (non-hydrogen) atoms. The number of piperidine rings is 3. The summed E-state index contributed by atoms with van der Waals surface area (Å²) in [4.78, 5) is 20.0. The Kier molecular flexibility index (Phi) is 3.85. The highest BCUT2D eigenvalue weighted by Gasteiger charge is 2.42. The largest absolute Gasteiger partial charge is 0.497 e. The number of aromatic nitrogens is 1. The maximum absolute atomic E-state index is 13.3. The lowest BCUT2D eigenvalue weighted by molar-refractivity contribution is 0.0205. The van der Waals surface area contributed by atoms with Crippen molar-refractivity contribution in [3.05, 3.63) is 48.7 Å². The fourth-order valence-electron chi connectivity index (χ4n) is 4.25. The molecule has 2 unspecified atom stereocenters. The topological polar surface area (TPSA) is 42.4 Å². The molecule has 2 bridgehead atoms. The summed E-state index contributed by atoms with van der Waals surface area (Å²) in [7, 11) is 1.64. The molecule has 124 valence electrons. The number of carbonyl (C=O) groups is 1. The number of ketones is 1. The van der Waals surface area contributed by atoms with Gasteiger partial charge in [0.1, 0.15) is 5.75 Å². The maximum Gasteiger partial charge on any atom is 0.180 e. The van der Waals surface area contributed by atoms with Gasteiger partial charge in [-0.3, -0.25) is 14.7 Å². The molecule has 4 nitrogen and oxygen atoms in total. The summed E-state index contributed by atoms with van der Waals surface area (Å²) in [6, 6.07) is 7.53.